The van der Waals surface area contributed by atoms with E-state index in [1.54, 1.807) is 12.4 Å². The zero-order valence-corrected chi connectivity index (χ0v) is 16.2. The van der Waals surface area contributed by atoms with Gasteiger partial charge in [-0.25, -0.2) is 0 Å². The van der Waals surface area contributed by atoms with Gasteiger partial charge in [0, 0.05) is 48.9 Å². The third kappa shape index (κ3) is 4.34. The standard InChI is InChI=1S/C23H21ClN2O2/c24-20-6-8-21(9-7-20)28-22-10-12-26(13-11-22)23(27)19-14-18(15-25-16-19)17-4-2-1-3-5-17/h1-9,14-16,22H,10-13H2. The Morgan fingerprint density at radius 1 is 0.964 bits per heavy atom. The summed E-state index contributed by atoms with van der Waals surface area (Å²) in [7, 11) is 0. The maximum absolute atomic E-state index is 12.9. The summed E-state index contributed by atoms with van der Waals surface area (Å²) in [6.45, 7) is 1.35. The first kappa shape index (κ1) is 18.5. The molecule has 0 unspecified atom stereocenters. The molecule has 5 heteroatoms. The van der Waals surface area contributed by atoms with Crippen molar-refractivity contribution < 1.29 is 9.53 Å². The zero-order chi connectivity index (χ0) is 19.3. The lowest BCUT2D eigenvalue weighted by Crippen LogP contribution is -2.41. The third-order valence-electron chi connectivity index (χ3n) is 4.94. The van der Waals surface area contributed by atoms with Gasteiger partial charge >= 0.3 is 0 Å². The molecule has 0 radical (unpaired) electrons. The lowest BCUT2D eigenvalue weighted by atomic mass is 10.0. The van der Waals surface area contributed by atoms with E-state index in [0.29, 0.717) is 23.7 Å². The lowest BCUT2D eigenvalue weighted by molar-refractivity contribution is 0.0595. The summed E-state index contributed by atoms with van der Waals surface area (Å²) in [6, 6.07) is 19.3. The van der Waals surface area contributed by atoms with Crippen LogP contribution in [0.15, 0.2) is 73.1 Å². The zero-order valence-electron chi connectivity index (χ0n) is 15.4. The average Bonchev–Trinajstić information content (AvgIpc) is 2.76. The molecular weight excluding hydrogens is 372 g/mol. The smallest absolute Gasteiger partial charge is 0.255 e. The van der Waals surface area contributed by atoms with Gasteiger partial charge in [-0.3, -0.25) is 9.78 Å². The van der Waals surface area contributed by atoms with Crippen molar-refractivity contribution in [1.29, 1.82) is 0 Å². The van der Waals surface area contributed by atoms with Crippen LogP contribution in [-0.2, 0) is 0 Å². The SMILES string of the molecule is O=C(c1cncc(-c2ccccc2)c1)N1CCC(Oc2ccc(Cl)cc2)CC1. The van der Waals surface area contributed by atoms with Gasteiger partial charge in [-0.2, -0.15) is 0 Å². The molecule has 1 aliphatic rings. The molecule has 0 aliphatic carbocycles. The van der Waals surface area contributed by atoms with Gasteiger partial charge in [0.05, 0.1) is 5.56 Å². The monoisotopic (exact) mass is 392 g/mol. The van der Waals surface area contributed by atoms with E-state index in [1.807, 2.05) is 65.6 Å². The van der Waals surface area contributed by atoms with Gasteiger partial charge in [0.2, 0.25) is 0 Å². The van der Waals surface area contributed by atoms with Crippen LogP contribution in [0.4, 0.5) is 0 Å². The number of rotatable bonds is 4. The first-order valence-corrected chi connectivity index (χ1v) is 9.79. The van der Waals surface area contributed by atoms with Crippen molar-refractivity contribution in [3.8, 4) is 16.9 Å². The van der Waals surface area contributed by atoms with Crippen LogP contribution in [0, 0.1) is 0 Å². The molecular formula is C23H21ClN2O2. The maximum atomic E-state index is 12.9. The van der Waals surface area contributed by atoms with Gasteiger partial charge in [-0.15, -0.1) is 0 Å². The van der Waals surface area contributed by atoms with Crippen LogP contribution < -0.4 is 4.74 Å². The molecule has 4 nitrogen and oxygen atoms in total. The molecule has 28 heavy (non-hydrogen) atoms. The summed E-state index contributed by atoms with van der Waals surface area (Å²) < 4.78 is 6.01. The number of nitrogens with zero attached hydrogens (tertiary/aromatic N) is 2. The van der Waals surface area contributed by atoms with Crippen LogP contribution in [0.25, 0.3) is 11.1 Å². The van der Waals surface area contributed by atoms with Crippen LogP contribution in [0.3, 0.4) is 0 Å². The van der Waals surface area contributed by atoms with E-state index in [1.165, 1.54) is 0 Å². The van der Waals surface area contributed by atoms with Gasteiger partial charge in [-0.05, 0) is 35.9 Å². The van der Waals surface area contributed by atoms with Crippen molar-refractivity contribution in [2.45, 2.75) is 18.9 Å². The summed E-state index contributed by atoms with van der Waals surface area (Å²) in [5, 5.41) is 0.694. The van der Waals surface area contributed by atoms with E-state index < -0.39 is 0 Å². The van der Waals surface area contributed by atoms with Gasteiger partial charge < -0.3 is 9.64 Å². The fourth-order valence-corrected chi connectivity index (χ4v) is 3.54. The summed E-state index contributed by atoms with van der Waals surface area (Å²) in [4.78, 5) is 19.1. The first-order chi connectivity index (χ1) is 13.7. The second-order valence-corrected chi connectivity index (χ2v) is 7.33. The topological polar surface area (TPSA) is 42.4 Å². The Morgan fingerprint density at radius 2 is 1.68 bits per heavy atom. The van der Waals surface area contributed by atoms with Crippen LogP contribution in [0.2, 0.25) is 5.02 Å². The molecule has 0 atom stereocenters. The minimum absolute atomic E-state index is 0.0234. The number of carbonyl (C=O) groups is 1. The van der Waals surface area contributed by atoms with Crippen LogP contribution in [-0.4, -0.2) is 35.0 Å². The highest BCUT2D eigenvalue weighted by atomic mass is 35.5. The van der Waals surface area contributed by atoms with Crippen molar-refractivity contribution in [2.75, 3.05) is 13.1 Å². The highest BCUT2D eigenvalue weighted by molar-refractivity contribution is 6.30. The number of hydrogen-bond donors (Lipinski definition) is 0. The molecule has 0 spiro atoms. The Kier molecular flexibility index (Phi) is 5.58. The van der Waals surface area contributed by atoms with Crippen molar-refractivity contribution in [3.05, 3.63) is 83.6 Å². The van der Waals surface area contributed by atoms with Crippen LogP contribution in [0.1, 0.15) is 23.2 Å². The van der Waals surface area contributed by atoms with Crippen molar-refractivity contribution in [1.82, 2.24) is 9.88 Å². The minimum atomic E-state index is 0.0234. The van der Waals surface area contributed by atoms with E-state index in [2.05, 4.69) is 4.98 Å². The van der Waals surface area contributed by atoms with Gasteiger partial charge in [-0.1, -0.05) is 41.9 Å². The van der Waals surface area contributed by atoms with Crippen LogP contribution >= 0.6 is 11.6 Å². The molecule has 1 fully saturated rings. The number of piperidine rings is 1. The fraction of sp³-hybridized carbons (Fsp3) is 0.217. The summed E-state index contributed by atoms with van der Waals surface area (Å²) in [6.07, 6.45) is 5.16. The van der Waals surface area contributed by atoms with E-state index in [-0.39, 0.29) is 12.0 Å². The van der Waals surface area contributed by atoms with Gasteiger partial charge in [0.25, 0.3) is 5.91 Å². The summed E-state index contributed by atoms with van der Waals surface area (Å²) >= 11 is 5.91. The molecule has 2 heterocycles. The minimum Gasteiger partial charge on any atom is -0.490 e. The Hall–Kier alpha value is -2.85. The predicted molar refractivity (Wildman–Crippen MR) is 111 cm³/mol. The van der Waals surface area contributed by atoms with E-state index in [4.69, 9.17) is 16.3 Å². The second-order valence-electron chi connectivity index (χ2n) is 6.89. The molecule has 1 amide bonds. The molecule has 0 bridgehead atoms. The largest absolute Gasteiger partial charge is 0.490 e. The third-order valence-corrected chi connectivity index (χ3v) is 5.19. The maximum Gasteiger partial charge on any atom is 0.255 e. The number of carbonyl (C=O) groups excluding carboxylic acids is 1. The molecule has 1 aromatic heterocycles. The average molecular weight is 393 g/mol. The first-order valence-electron chi connectivity index (χ1n) is 9.41. The summed E-state index contributed by atoms with van der Waals surface area (Å²) in [5.74, 6) is 0.837. The quantitative estimate of drug-likeness (QED) is 0.621. The van der Waals surface area contributed by atoms with Crippen LogP contribution in [0.5, 0.6) is 5.75 Å². The molecule has 3 aromatic rings. The predicted octanol–water partition coefficient (Wildman–Crippen LogP) is 5.09. The number of pyridine rings is 1. The Bertz CT molecular complexity index is 936. The Labute approximate surface area is 169 Å². The normalized spacial score (nSPS) is 14.7. The Balaban J connectivity index is 1.38. The summed E-state index contributed by atoms with van der Waals surface area (Å²) in [5.41, 5.74) is 2.63. The molecule has 0 N–H and O–H groups in total. The molecule has 142 valence electrons. The highest BCUT2D eigenvalue weighted by Gasteiger charge is 2.25. The number of benzene rings is 2. The van der Waals surface area contributed by atoms with Gasteiger partial charge in [0.1, 0.15) is 11.9 Å². The lowest BCUT2D eigenvalue weighted by Gasteiger charge is -2.32. The second kappa shape index (κ2) is 8.44. The number of ether oxygens (including phenoxy) is 1. The van der Waals surface area contributed by atoms with E-state index in [0.717, 1.165) is 29.7 Å². The molecule has 0 saturated carbocycles. The number of aromatic nitrogens is 1. The molecule has 1 aliphatic heterocycles. The van der Waals surface area contributed by atoms with E-state index >= 15 is 0 Å². The number of likely N-dealkylation sites (tertiary alicyclic amines) is 1. The number of amides is 1. The van der Waals surface area contributed by atoms with E-state index in [9.17, 15) is 4.79 Å². The highest BCUT2D eigenvalue weighted by Crippen LogP contribution is 2.23. The molecule has 2 aromatic carbocycles. The molecule has 1 saturated heterocycles. The van der Waals surface area contributed by atoms with Gasteiger partial charge in [0.15, 0.2) is 0 Å². The Morgan fingerprint density at radius 3 is 2.39 bits per heavy atom. The van der Waals surface area contributed by atoms with Crippen molar-refractivity contribution in [2.24, 2.45) is 0 Å². The fourth-order valence-electron chi connectivity index (χ4n) is 3.41. The molecule has 4 rings (SSSR count). The van der Waals surface area contributed by atoms with Crippen molar-refractivity contribution in [3.63, 3.8) is 0 Å². The number of hydrogen-bond acceptors (Lipinski definition) is 3. The van der Waals surface area contributed by atoms with Crippen molar-refractivity contribution >= 4 is 17.5 Å². The number of halogens is 1.